The van der Waals surface area contributed by atoms with E-state index >= 15 is 0 Å². The summed E-state index contributed by atoms with van der Waals surface area (Å²) in [4.78, 5) is 22.6. The molecule has 1 aliphatic carbocycles. The molecule has 1 saturated heterocycles. The van der Waals surface area contributed by atoms with E-state index in [1.165, 1.54) is 5.56 Å². The van der Waals surface area contributed by atoms with Crippen molar-refractivity contribution < 1.29 is 9.53 Å². The number of piperazine rings is 1. The van der Waals surface area contributed by atoms with Crippen molar-refractivity contribution in [1.82, 2.24) is 15.2 Å². The van der Waals surface area contributed by atoms with Gasteiger partial charge in [-0.25, -0.2) is 9.78 Å². The van der Waals surface area contributed by atoms with E-state index in [0.29, 0.717) is 44.3 Å². The molecular weight excluding hydrogens is 462 g/mol. The Hall–Kier alpha value is -3.11. The summed E-state index contributed by atoms with van der Waals surface area (Å²) in [5.74, 6) is 1.55. The molecule has 1 saturated carbocycles. The van der Waals surface area contributed by atoms with Crippen LogP contribution in [0.4, 0.5) is 10.6 Å². The fourth-order valence-electron chi connectivity index (χ4n) is 5.70. The number of fused-ring (bicyclic) bond motifs is 1. The predicted octanol–water partition coefficient (Wildman–Crippen LogP) is 4.78. The first-order valence-electron chi connectivity index (χ1n) is 13.7. The Balaban J connectivity index is 1.36. The molecule has 7 nitrogen and oxygen atoms in total. The number of nitriles is 1. The Labute approximate surface area is 220 Å². The van der Waals surface area contributed by atoms with Crippen molar-refractivity contribution in [2.45, 2.75) is 77.5 Å². The van der Waals surface area contributed by atoms with Gasteiger partial charge >= 0.3 is 6.03 Å². The van der Waals surface area contributed by atoms with Crippen LogP contribution in [-0.4, -0.2) is 53.7 Å². The van der Waals surface area contributed by atoms with Crippen LogP contribution in [0.5, 0.6) is 0 Å². The lowest BCUT2D eigenvalue weighted by Crippen LogP contribution is -2.59. The van der Waals surface area contributed by atoms with E-state index in [0.717, 1.165) is 48.3 Å². The number of benzene rings is 1. The minimum atomic E-state index is -0.297. The molecule has 3 aliphatic rings. The summed E-state index contributed by atoms with van der Waals surface area (Å²) in [5.41, 5.74) is 5.00. The number of ether oxygens (including phenoxy) is 1. The number of amides is 2. The highest BCUT2D eigenvalue weighted by atomic mass is 16.5. The average Bonchev–Trinajstić information content (AvgIpc) is 3.73. The van der Waals surface area contributed by atoms with Crippen LogP contribution in [-0.2, 0) is 24.2 Å². The van der Waals surface area contributed by atoms with Crippen LogP contribution in [0.1, 0.15) is 74.4 Å². The van der Waals surface area contributed by atoms with Crippen molar-refractivity contribution in [3.8, 4) is 6.07 Å². The van der Waals surface area contributed by atoms with Crippen molar-refractivity contribution in [2.75, 3.05) is 31.1 Å². The van der Waals surface area contributed by atoms with E-state index in [1.807, 2.05) is 23.1 Å². The molecule has 2 amide bonds. The van der Waals surface area contributed by atoms with Crippen LogP contribution in [0.3, 0.4) is 0 Å². The fourth-order valence-corrected chi connectivity index (χ4v) is 5.70. The second kappa shape index (κ2) is 10.3. The summed E-state index contributed by atoms with van der Waals surface area (Å²) in [6.07, 6.45) is 3.84. The van der Waals surface area contributed by atoms with E-state index in [-0.39, 0.29) is 23.6 Å². The van der Waals surface area contributed by atoms with Crippen molar-refractivity contribution in [3.05, 3.63) is 58.3 Å². The van der Waals surface area contributed by atoms with Crippen molar-refractivity contribution >= 4 is 11.8 Å². The highest BCUT2D eigenvalue weighted by Gasteiger charge is 2.39. The molecule has 1 atom stereocenters. The van der Waals surface area contributed by atoms with Gasteiger partial charge in [0.1, 0.15) is 11.9 Å². The Kier molecular flexibility index (Phi) is 7.13. The first kappa shape index (κ1) is 25.5. The van der Waals surface area contributed by atoms with E-state index < -0.39 is 0 Å². The molecule has 0 spiro atoms. The number of pyridine rings is 1. The number of carbonyl (C=O) groups is 1. The normalized spacial score (nSPS) is 20.9. The molecule has 1 unspecified atom stereocenters. The molecule has 2 aromatic rings. The van der Waals surface area contributed by atoms with E-state index in [1.54, 1.807) is 0 Å². The first-order valence-corrected chi connectivity index (χ1v) is 13.7. The second-order valence-corrected chi connectivity index (χ2v) is 11.7. The molecule has 2 fully saturated rings. The Morgan fingerprint density at radius 2 is 1.97 bits per heavy atom. The number of nitrogens with zero attached hydrogens (tertiary/aromatic N) is 4. The molecule has 37 heavy (non-hydrogen) atoms. The Morgan fingerprint density at radius 3 is 2.65 bits per heavy atom. The number of urea groups is 1. The molecule has 0 bridgehead atoms. The molecule has 1 aromatic heterocycles. The highest BCUT2D eigenvalue weighted by Crippen LogP contribution is 2.46. The third-order valence-electron chi connectivity index (χ3n) is 7.99. The quantitative estimate of drug-likeness (QED) is 0.616. The summed E-state index contributed by atoms with van der Waals surface area (Å²) >= 11 is 0. The van der Waals surface area contributed by atoms with Gasteiger partial charge < -0.3 is 19.9 Å². The Morgan fingerprint density at radius 1 is 1.22 bits per heavy atom. The first-order chi connectivity index (χ1) is 17.8. The van der Waals surface area contributed by atoms with Crippen LogP contribution in [0.15, 0.2) is 30.3 Å². The van der Waals surface area contributed by atoms with Gasteiger partial charge in [-0.05, 0) is 50.2 Å². The van der Waals surface area contributed by atoms with Gasteiger partial charge in [0.05, 0.1) is 29.5 Å². The molecule has 2 aliphatic heterocycles. The van der Waals surface area contributed by atoms with Gasteiger partial charge in [0.25, 0.3) is 0 Å². The van der Waals surface area contributed by atoms with Crippen LogP contribution in [0.2, 0.25) is 0 Å². The maximum absolute atomic E-state index is 13.2. The van der Waals surface area contributed by atoms with Gasteiger partial charge in [-0.15, -0.1) is 0 Å². The molecule has 1 aromatic carbocycles. The molecule has 1 N–H and O–H groups in total. The number of anilines is 1. The van der Waals surface area contributed by atoms with Crippen molar-refractivity contribution in [2.24, 2.45) is 5.92 Å². The summed E-state index contributed by atoms with van der Waals surface area (Å²) in [6.45, 7) is 11.6. The predicted molar refractivity (Wildman–Crippen MR) is 145 cm³/mol. The molecule has 5 rings (SSSR count). The number of carbonyl (C=O) groups excluding carboxylic acids is 1. The van der Waals surface area contributed by atoms with Crippen LogP contribution in [0, 0.1) is 17.2 Å². The zero-order valence-electron chi connectivity index (χ0n) is 22.6. The van der Waals surface area contributed by atoms with Gasteiger partial charge in [-0.1, -0.05) is 44.2 Å². The minimum Gasteiger partial charge on any atom is -0.370 e. The number of hydrogen-bond acceptors (Lipinski definition) is 5. The zero-order valence-corrected chi connectivity index (χ0v) is 22.6. The summed E-state index contributed by atoms with van der Waals surface area (Å²) in [7, 11) is 0. The van der Waals surface area contributed by atoms with Crippen molar-refractivity contribution in [1.29, 1.82) is 5.26 Å². The van der Waals surface area contributed by atoms with Crippen LogP contribution >= 0.6 is 0 Å². The molecule has 3 heterocycles. The second-order valence-electron chi connectivity index (χ2n) is 11.7. The minimum absolute atomic E-state index is 0.00856. The molecule has 196 valence electrons. The maximum Gasteiger partial charge on any atom is 0.317 e. The van der Waals surface area contributed by atoms with Crippen molar-refractivity contribution in [3.63, 3.8) is 0 Å². The van der Waals surface area contributed by atoms with E-state index in [9.17, 15) is 10.1 Å². The summed E-state index contributed by atoms with van der Waals surface area (Å²) < 4.78 is 6.13. The topological polar surface area (TPSA) is 81.5 Å². The van der Waals surface area contributed by atoms with Gasteiger partial charge in [0.15, 0.2) is 0 Å². The zero-order chi connectivity index (χ0) is 26.2. The molecule has 7 heteroatoms. The van der Waals surface area contributed by atoms with Gasteiger partial charge in [0, 0.05) is 44.1 Å². The average molecular weight is 502 g/mol. The lowest BCUT2D eigenvalue weighted by atomic mass is 9.87. The van der Waals surface area contributed by atoms with Gasteiger partial charge in [-0.3, -0.25) is 0 Å². The molecular formula is C30H39N5O2. The lowest BCUT2D eigenvalue weighted by Gasteiger charge is -2.44. The number of aromatic nitrogens is 1. The number of rotatable bonds is 6. The largest absolute Gasteiger partial charge is 0.370 e. The highest BCUT2D eigenvalue weighted by molar-refractivity contribution is 5.75. The van der Waals surface area contributed by atoms with Crippen LogP contribution < -0.4 is 10.2 Å². The van der Waals surface area contributed by atoms with E-state index in [4.69, 9.17) is 9.72 Å². The SMILES string of the molecule is CC(C)C1CN(c2nc(C3CC3)c3c(c2C#N)CC(C)(C)OC3)CCN1C(=O)NCCc1ccccc1. The number of hydrogen-bond donors (Lipinski definition) is 1. The van der Waals surface area contributed by atoms with Gasteiger partial charge in [-0.2, -0.15) is 5.26 Å². The smallest absolute Gasteiger partial charge is 0.317 e. The lowest BCUT2D eigenvalue weighted by molar-refractivity contribution is -0.0407. The number of nitrogens with one attached hydrogen (secondary N) is 1. The van der Waals surface area contributed by atoms with E-state index in [2.05, 4.69) is 56.1 Å². The monoisotopic (exact) mass is 501 g/mol. The fraction of sp³-hybridized carbons (Fsp3) is 0.567. The maximum atomic E-state index is 13.2. The standard InChI is InChI=1S/C30H39N5O2/c1-20(2)26-18-34(14-15-35(26)29(36)32-13-12-21-8-6-5-7-9-21)28-24(17-31)23-16-30(3,4)37-19-25(23)27(33-28)22-10-11-22/h5-9,20,22,26H,10-16,18-19H2,1-4H3,(H,32,36). The molecule has 0 radical (unpaired) electrons. The van der Waals surface area contributed by atoms with Crippen LogP contribution in [0.25, 0.3) is 0 Å². The third kappa shape index (κ3) is 5.45. The Bertz CT molecular complexity index is 1180. The summed E-state index contributed by atoms with van der Waals surface area (Å²) in [6, 6.07) is 12.8. The van der Waals surface area contributed by atoms with Gasteiger partial charge in [0.2, 0.25) is 0 Å². The third-order valence-corrected chi connectivity index (χ3v) is 7.99. The summed E-state index contributed by atoms with van der Waals surface area (Å²) in [5, 5.41) is 13.4.